The van der Waals surface area contributed by atoms with Crippen LogP contribution in [0.25, 0.3) is 0 Å². The fraction of sp³-hybridized carbons (Fsp3) is 0.441. The van der Waals surface area contributed by atoms with Crippen LogP contribution in [-0.4, -0.2) is 63.8 Å². The van der Waals surface area contributed by atoms with E-state index in [1.807, 2.05) is 25.7 Å². The van der Waals surface area contributed by atoms with E-state index in [2.05, 4.69) is 95.9 Å². The smallest absolute Gasteiger partial charge is 0.225 e. The van der Waals surface area contributed by atoms with Gasteiger partial charge in [-0.05, 0) is 42.4 Å². The number of aliphatic hydroxyl groups is 2. The maximum Gasteiger partial charge on any atom is 0.225 e. The number of aliphatic hydroxyl groups excluding tert-OH is 1. The van der Waals surface area contributed by atoms with E-state index in [0.29, 0.717) is 13.1 Å². The number of rotatable bonds is 9. The minimum Gasteiger partial charge on any atom is -0.390 e. The lowest BCUT2D eigenvalue weighted by Gasteiger charge is -2.49. The Morgan fingerprint density at radius 2 is 1.10 bits per heavy atom. The van der Waals surface area contributed by atoms with Crippen molar-refractivity contribution in [3.8, 4) is 0 Å². The highest BCUT2D eigenvalue weighted by Crippen LogP contribution is 2.43. The fourth-order valence-corrected chi connectivity index (χ4v) is 6.21. The van der Waals surface area contributed by atoms with E-state index in [1.165, 1.54) is 16.7 Å². The molecule has 1 heterocycles. The van der Waals surface area contributed by atoms with E-state index in [9.17, 15) is 15.0 Å². The monoisotopic (exact) mass is 528 g/mol. The van der Waals surface area contributed by atoms with Gasteiger partial charge in [0.2, 0.25) is 5.91 Å². The second kappa shape index (κ2) is 12.0. The summed E-state index contributed by atoms with van der Waals surface area (Å²) >= 11 is 0. The van der Waals surface area contributed by atoms with Crippen molar-refractivity contribution in [1.82, 2.24) is 9.80 Å². The van der Waals surface area contributed by atoms with E-state index < -0.39 is 17.2 Å². The Hall–Kier alpha value is -2.99. The average Bonchev–Trinajstić information content (AvgIpc) is 2.98. The summed E-state index contributed by atoms with van der Waals surface area (Å²) in [6, 6.07) is 32.0. The molecular formula is C34H44N2O3. The third-order valence-electron chi connectivity index (χ3n) is 9.37. The molecule has 3 aromatic carbocycles. The molecule has 0 radical (unpaired) electrons. The van der Waals surface area contributed by atoms with Crippen LogP contribution in [0.3, 0.4) is 0 Å². The summed E-state index contributed by atoms with van der Waals surface area (Å²) in [6.07, 6.45) is -0.872. The normalized spacial score (nSPS) is 19.5. The molecule has 1 fully saturated rings. The van der Waals surface area contributed by atoms with Crippen molar-refractivity contribution in [2.75, 3.05) is 26.2 Å². The molecule has 39 heavy (non-hydrogen) atoms. The van der Waals surface area contributed by atoms with Crippen LogP contribution >= 0.6 is 0 Å². The molecule has 0 bridgehead atoms. The zero-order valence-electron chi connectivity index (χ0n) is 24.0. The summed E-state index contributed by atoms with van der Waals surface area (Å²) in [5.74, 6) is -0.476. The van der Waals surface area contributed by atoms with E-state index >= 15 is 0 Å². The van der Waals surface area contributed by atoms with Gasteiger partial charge < -0.3 is 15.1 Å². The molecule has 5 heteroatoms. The van der Waals surface area contributed by atoms with Crippen molar-refractivity contribution < 1.29 is 15.0 Å². The predicted octanol–water partition coefficient (Wildman–Crippen LogP) is 5.16. The van der Waals surface area contributed by atoms with Crippen LogP contribution in [0.15, 0.2) is 91.0 Å². The Morgan fingerprint density at radius 3 is 1.46 bits per heavy atom. The molecule has 3 aromatic rings. The first-order chi connectivity index (χ1) is 18.6. The fourth-order valence-electron chi connectivity index (χ4n) is 6.21. The molecule has 0 spiro atoms. The molecule has 4 rings (SSSR count). The molecule has 0 saturated carbocycles. The second-order valence-corrected chi connectivity index (χ2v) is 11.5. The first-order valence-corrected chi connectivity index (χ1v) is 14.2. The van der Waals surface area contributed by atoms with Crippen molar-refractivity contribution in [1.29, 1.82) is 0 Å². The number of carbonyl (C=O) groups excluding carboxylic acids is 1. The summed E-state index contributed by atoms with van der Waals surface area (Å²) in [7, 11) is 0. The Kier molecular flexibility index (Phi) is 8.95. The van der Waals surface area contributed by atoms with Crippen LogP contribution in [0.5, 0.6) is 0 Å². The molecule has 1 aliphatic heterocycles. The Morgan fingerprint density at radius 1 is 0.718 bits per heavy atom. The number of carbonyl (C=O) groups is 1. The molecule has 1 saturated heterocycles. The summed E-state index contributed by atoms with van der Waals surface area (Å²) in [4.78, 5) is 18.2. The largest absolute Gasteiger partial charge is 0.390 e. The number of amides is 1. The molecule has 1 amide bonds. The maximum atomic E-state index is 13.7. The Labute approximate surface area is 234 Å². The van der Waals surface area contributed by atoms with E-state index in [-0.39, 0.29) is 23.7 Å². The molecule has 0 aromatic heterocycles. The minimum absolute atomic E-state index is 0.0859. The third-order valence-corrected chi connectivity index (χ3v) is 9.37. The van der Waals surface area contributed by atoms with Gasteiger partial charge in [-0.3, -0.25) is 9.69 Å². The molecular weight excluding hydrogens is 484 g/mol. The third kappa shape index (κ3) is 5.54. The standard InChI is InChI=1S/C34H44N2O3/c1-25(27(3)33(5,39)28(4)37)26(2)32(38)35-21-23-36(24-22-35)34(29-15-9-6-10-16-29,30-17-11-7-12-18-30)31-19-13-8-14-20-31/h6-20,25-28,37,39H,21-24H2,1-5H3/t25-,26-,27+,28-,33+/m1/s1. The summed E-state index contributed by atoms with van der Waals surface area (Å²) < 4.78 is 0. The number of hydrogen-bond acceptors (Lipinski definition) is 4. The van der Waals surface area contributed by atoms with Crippen LogP contribution in [-0.2, 0) is 10.3 Å². The van der Waals surface area contributed by atoms with Crippen LogP contribution in [0.1, 0.15) is 51.3 Å². The molecule has 5 atom stereocenters. The van der Waals surface area contributed by atoms with Gasteiger partial charge in [0, 0.05) is 32.1 Å². The van der Waals surface area contributed by atoms with Crippen LogP contribution in [0, 0.1) is 17.8 Å². The average molecular weight is 529 g/mol. The quantitative estimate of drug-likeness (QED) is 0.377. The van der Waals surface area contributed by atoms with Crippen LogP contribution in [0.4, 0.5) is 0 Å². The van der Waals surface area contributed by atoms with Gasteiger partial charge in [0.15, 0.2) is 0 Å². The lowest BCUT2D eigenvalue weighted by Crippen LogP contribution is -2.58. The first-order valence-electron chi connectivity index (χ1n) is 14.2. The molecule has 0 aliphatic carbocycles. The summed E-state index contributed by atoms with van der Waals surface area (Å²) in [6.45, 7) is 11.9. The van der Waals surface area contributed by atoms with E-state index in [0.717, 1.165) is 13.1 Å². The number of benzene rings is 3. The SMILES string of the molecule is C[C@H]([C@@H](C)C(=O)N1CCN(C(c2ccccc2)(c2ccccc2)c2ccccc2)CC1)[C@H](C)[C@](C)(O)[C@@H](C)O. The molecule has 208 valence electrons. The van der Waals surface area contributed by atoms with Gasteiger partial charge in [-0.2, -0.15) is 0 Å². The van der Waals surface area contributed by atoms with Gasteiger partial charge in [0.05, 0.1) is 17.2 Å². The van der Waals surface area contributed by atoms with Gasteiger partial charge in [-0.1, -0.05) is 112 Å². The van der Waals surface area contributed by atoms with Crippen molar-refractivity contribution in [2.24, 2.45) is 17.8 Å². The Bertz CT molecular complexity index is 1090. The van der Waals surface area contributed by atoms with Crippen molar-refractivity contribution >= 4 is 5.91 Å². The Balaban J connectivity index is 1.62. The van der Waals surface area contributed by atoms with Gasteiger partial charge >= 0.3 is 0 Å². The molecule has 1 aliphatic rings. The number of hydrogen-bond donors (Lipinski definition) is 2. The lowest BCUT2D eigenvalue weighted by molar-refractivity contribution is -0.144. The lowest BCUT2D eigenvalue weighted by atomic mass is 9.73. The van der Waals surface area contributed by atoms with Gasteiger partial charge in [-0.25, -0.2) is 0 Å². The highest BCUT2D eigenvalue weighted by molar-refractivity contribution is 5.79. The number of nitrogens with zero attached hydrogens (tertiary/aromatic N) is 2. The number of piperazine rings is 1. The highest BCUT2D eigenvalue weighted by atomic mass is 16.3. The van der Waals surface area contributed by atoms with Crippen LogP contribution in [0.2, 0.25) is 0 Å². The summed E-state index contributed by atoms with van der Waals surface area (Å²) in [5.41, 5.74) is 1.88. The molecule has 5 nitrogen and oxygen atoms in total. The van der Waals surface area contributed by atoms with E-state index in [4.69, 9.17) is 0 Å². The van der Waals surface area contributed by atoms with E-state index in [1.54, 1.807) is 13.8 Å². The highest BCUT2D eigenvalue weighted by Gasteiger charge is 2.45. The van der Waals surface area contributed by atoms with Crippen molar-refractivity contribution in [3.05, 3.63) is 108 Å². The van der Waals surface area contributed by atoms with Gasteiger partial charge in [-0.15, -0.1) is 0 Å². The molecule has 2 N–H and O–H groups in total. The second-order valence-electron chi connectivity index (χ2n) is 11.5. The van der Waals surface area contributed by atoms with Gasteiger partial charge in [0.25, 0.3) is 0 Å². The zero-order valence-corrected chi connectivity index (χ0v) is 24.0. The minimum atomic E-state index is -1.26. The van der Waals surface area contributed by atoms with Crippen LogP contribution < -0.4 is 0 Å². The zero-order chi connectivity index (χ0) is 28.2. The van der Waals surface area contributed by atoms with Crippen molar-refractivity contribution in [3.63, 3.8) is 0 Å². The predicted molar refractivity (Wildman–Crippen MR) is 157 cm³/mol. The topological polar surface area (TPSA) is 64.0 Å². The first kappa shape index (κ1) is 29.0. The maximum absolute atomic E-state index is 13.7. The molecule has 0 unspecified atom stereocenters. The van der Waals surface area contributed by atoms with Crippen molar-refractivity contribution in [2.45, 2.75) is 51.9 Å². The summed E-state index contributed by atoms with van der Waals surface area (Å²) in [5, 5.41) is 20.9. The van der Waals surface area contributed by atoms with Gasteiger partial charge in [0.1, 0.15) is 0 Å².